The summed E-state index contributed by atoms with van der Waals surface area (Å²) in [6, 6.07) is 3.39. The number of esters is 2. The molecule has 0 aliphatic rings. The molecule has 32 heavy (non-hydrogen) atoms. The van der Waals surface area contributed by atoms with E-state index in [1.807, 2.05) is 6.92 Å². The monoisotopic (exact) mass is 449 g/mol. The molecule has 174 valence electrons. The first-order valence-corrected chi connectivity index (χ1v) is 10.3. The van der Waals surface area contributed by atoms with E-state index in [1.54, 1.807) is 19.1 Å². The van der Waals surface area contributed by atoms with Crippen molar-refractivity contribution in [2.75, 3.05) is 36.5 Å². The van der Waals surface area contributed by atoms with Gasteiger partial charge in [0.1, 0.15) is 18.6 Å². The lowest BCUT2D eigenvalue weighted by atomic mass is 10.3. The number of nitro groups is 1. The first-order valence-electron chi connectivity index (χ1n) is 10.3. The molecule has 0 saturated heterocycles. The Morgan fingerprint density at radius 3 is 2.72 bits per heavy atom. The standard InChI is InChI=1S/C20H27N5O7/c1-3-5-10-32-17(27)12-21-19-18(25(28)29)20(23-14-22-19)24(9-8-16(26)30-4-2)13-15-7-6-11-31-15/h6-7,11,14H,3-5,8-10,12-13H2,1-2H3,(H,21,22,23). The zero-order chi connectivity index (χ0) is 23.3. The third-order valence-corrected chi connectivity index (χ3v) is 4.26. The zero-order valence-electron chi connectivity index (χ0n) is 18.1. The van der Waals surface area contributed by atoms with Crippen LogP contribution < -0.4 is 10.2 Å². The van der Waals surface area contributed by atoms with Crippen LogP contribution in [0.3, 0.4) is 0 Å². The average molecular weight is 449 g/mol. The fourth-order valence-electron chi connectivity index (χ4n) is 2.75. The van der Waals surface area contributed by atoms with Gasteiger partial charge >= 0.3 is 17.6 Å². The molecule has 0 aromatic carbocycles. The van der Waals surface area contributed by atoms with Crippen LogP contribution in [0.4, 0.5) is 17.3 Å². The third kappa shape index (κ3) is 7.52. The van der Waals surface area contributed by atoms with Gasteiger partial charge in [0.2, 0.25) is 11.6 Å². The molecule has 0 bridgehead atoms. The first-order chi connectivity index (χ1) is 15.5. The first kappa shape index (κ1) is 24.6. The van der Waals surface area contributed by atoms with Crippen molar-refractivity contribution >= 4 is 29.3 Å². The average Bonchev–Trinajstić information content (AvgIpc) is 3.28. The van der Waals surface area contributed by atoms with Gasteiger partial charge in [0, 0.05) is 6.54 Å². The van der Waals surface area contributed by atoms with Crippen molar-refractivity contribution in [3.63, 3.8) is 0 Å². The number of furan rings is 1. The Balaban J connectivity index is 2.25. The fourth-order valence-corrected chi connectivity index (χ4v) is 2.75. The molecule has 0 fully saturated rings. The highest BCUT2D eigenvalue weighted by Crippen LogP contribution is 2.32. The maximum Gasteiger partial charge on any atom is 0.353 e. The van der Waals surface area contributed by atoms with Crippen molar-refractivity contribution in [1.29, 1.82) is 0 Å². The molecule has 0 unspecified atom stereocenters. The van der Waals surface area contributed by atoms with Gasteiger partial charge < -0.3 is 24.1 Å². The zero-order valence-corrected chi connectivity index (χ0v) is 18.1. The van der Waals surface area contributed by atoms with Gasteiger partial charge in [-0.15, -0.1) is 0 Å². The molecule has 0 saturated carbocycles. The fraction of sp³-hybridized carbons (Fsp3) is 0.500. The van der Waals surface area contributed by atoms with Crippen LogP contribution in [0.2, 0.25) is 0 Å². The second-order valence-electron chi connectivity index (χ2n) is 6.64. The topological polar surface area (TPSA) is 150 Å². The lowest BCUT2D eigenvalue weighted by Crippen LogP contribution is -2.28. The van der Waals surface area contributed by atoms with E-state index in [-0.39, 0.29) is 50.9 Å². The van der Waals surface area contributed by atoms with Crippen LogP contribution in [0.25, 0.3) is 0 Å². The molecule has 0 amide bonds. The summed E-state index contributed by atoms with van der Waals surface area (Å²) in [6.45, 7) is 4.10. The Hall–Kier alpha value is -3.70. The Morgan fingerprint density at radius 2 is 2.06 bits per heavy atom. The maximum absolute atomic E-state index is 11.9. The van der Waals surface area contributed by atoms with E-state index >= 15 is 0 Å². The number of carbonyl (C=O) groups excluding carboxylic acids is 2. The highest BCUT2D eigenvalue weighted by Gasteiger charge is 2.28. The second-order valence-corrected chi connectivity index (χ2v) is 6.64. The number of hydrogen-bond acceptors (Lipinski definition) is 11. The van der Waals surface area contributed by atoms with Gasteiger partial charge in [0.25, 0.3) is 0 Å². The number of carbonyl (C=O) groups is 2. The van der Waals surface area contributed by atoms with Gasteiger partial charge in [-0.3, -0.25) is 19.7 Å². The predicted molar refractivity (Wildman–Crippen MR) is 114 cm³/mol. The van der Waals surface area contributed by atoms with Crippen LogP contribution in [0.15, 0.2) is 29.1 Å². The summed E-state index contributed by atoms with van der Waals surface area (Å²) in [7, 11) is 0. The lowest BCUT2D eigenvalue weighted by molar-refractivity contribution is -0.383. The summed E-state index contributed by atoms with van der Waals surface area (Å²) >= 11 is 0. The van der Waals surface area contributed by atoms with E-state index in [4.69, 9.17) is 13.9 Å². The van der Waals surface area contributed by atoms with E-state index in [1.165, 1.54) is 11.2 Å². The molecule has 1 N–H and O–H groups in total. The summed E-state index contributed by atoms with van der Waals surface area (Å²) in [5, 5.41) is 14.5. The summed E-state index contributed by atoms with van der Waals surface area (Å²) in [5.74, 6) is -0.624. The van der Waals surface area contributed by atoms with Gasteiger partial charge in [-0.25, -0.2) is 9.97 Å². The number of ether oxygens (including phenoxy) is 2. The molecule has 0 spiro atoms. The van der Waals surface area contributed by atoms with E-state index in [0.29, 0.717) is 5.76 Å². The summed E-state index contributed by atoms with van der Waals surface area (Å²) in [4.78, 5) is 44.5. The molecule has 2 heterocycles. The van der Waals surface area contributed by atoms with Crippen LogP contribution in [0.1, 0.15) is 38.9 Å². The summed E-state index contributed by atoms with van der Waals surface area (Å²) in [5.41, 5.74) is -0.427. The molecule has 0 aliphatic heterocycles. The molecular formula is C20H27N5O7. The lowest BCUT2D eigenvalue weighted by Gasteiger charge is -2.22. The highest BCUT2D eigenvalue weighted by atomic mass is 16.6. The Bertz CT molecular complexity index is 888. The number of anilines is 2. The summed E-state index contributed by atoms with van der Waals surface area (Å²) < 4.78 is 15.4. The highest BCUT2D eigenvalue weighted by molar-refractivity contribution is 5.78. The molecule has 12 heteroatoms. The van der Waals surface area contributed by atoms with Gasteiger partial charge in [-0.1, -0.05) is 13.3 Å². The van der Waals surface area contributed by atoms with Crippen molar-refractivity contribution < 1.29 is 28.4 Å². The Kier molecular flexibility index (Phi) is 9.88. The van der Waals surface area contributed by atoms with E-state index < -0.39 is 22.5 Å². The van der Waals surface area contributed by atoms with Crippen LogP contribution in [0.5, 0.6) is 0 Å². The number of hydrogen-bond donors (Lipinski definition) is 1. The number of rotatable bonds is 14. The third-order valence-electron chi connectivity index (χ3n) is 4.26. The Labute approximate surface area is 185 Å². The van der Waals surface area contributed by atoms with Gasteiger partial charge in [-0.2, -0.15) is 0 Å². The van der Waals surface area contributed by atoms with Crippen molar-refractivity contribution in [3.8, 4) is 0 Å². The minimum atomic E-state index is -0.639. The number of nitrogens with zero attached hydrogens (tertiary/aromatic N) is 4. The molecule has 2 aromatic rings. The van der Waals surface area contributed by atoms with Crippen LogP contribution in [-0.4, -0.2) is 53.1 Å². The van der Waals surface area contributed by atoms with E-state index in [9.17, 15) is 19.7 Å². The smallest absolute Gasteiger partial charge is 0.353 e. The van der Waals surface area contributed by atoms with Crippen molar-refractivity contribution in [2.24, 2.45) is 0 Å². The van der Waals surface area contributed by atoms with E-state index in [0.717, 1.165) is 19.2 Å². The molecule has 2 aromatic heterocycles. The number of nitrogens with one attached hydrogen (secondary N) is 1. The predicted octanol–water partition coefficient (Wildman–Crippen LogP) is 2.69. The maximum atomic E-state index is 11.9. The summed E-state index contributed by atoms with van der Waals surface area (Å²) in [6.07, 6.45) is 4.21. The van der Waals surface area contributed by atoms with Crippen molar-refractivity contribution in [2.45, 2.75) is 39.7 Å². The van der Waals surface area contributed by atoms with Crippen molar-refractivity contribution in [1.82, 2.24) is 9.97 Å². The van der Waals surface area contributed by atoms with Gasteiger partial charge in [0.05, 0.1) is 37.4 Å². The van der Waals surface area contributed by atoms with Crippen molar-refractivity contribution in [3.05, 3.63) is 40.6 Å². The minimum Gasteiger partial charge on any atom is -0.467 e. The van der Waals surface area contributed by atoms with Crippen LogP contribution in [-0.2, 0) is 25.6 Å². The quantitative estimate of drug-likeness (QED) is 0.196. The second kappa shape index (κ2) is 12.9. The van der Waals surface area contributed by atoms with Crippen LogP contribution in [0, 0.1) is 10.1 Å². The number of unbranched alkanes of at least 4 members (excludes halogenated alkanes) is 1. The molecule has 0 aliphatic carbocycles. The molecule has 0 atom stereocenters. The van der Waals surface area contributed by atoms with Gasteiger partial charge in [0.15, 0.2) is 0 Å². The largest absolute Gasteiger partial charge is 0.467 e. The number of aromatic nitrogens is 2. The molecular weight excluding hydrogens is 422 g/mol. The minimum absolute atomic E-state index is 0.0117. The Morgan fingerprint density at radius 1 is 1.25 bits per heavy atom. The molecule has 2 rings (SSSR count). The van der Waals surface area contributed by atoms with E-state index in [2.05, 4.69) is 15.3 Å². The molecule has 12 nitrogen and oxygen atoms in total. The SMILES string of the molecule is CCCCOC(=O)CNc1ncnc(N(CCC(=O)OCC)Cc2ccco2)c1[N+](=O)[O-]. The van der Waals surface area contributed by atoms with Crippen LogP contribution >= 0.6 is 0 Å². The van der Waals surface area contributed by atoms with Gasteiger partial charge in [-0.05, 0) is 25.5 Å². The normalized spacial score (nSPS) is 10.4. The molecule has 0 radical (unpaired) electrons.